The van der Waals surface area contributed by atoms with E-state index >= 15 is 0 Å². The largest absolute Gasteiger partial charge is 0.330 e. The summed E-state index contributed by atoms with van der Waals surface area (Å²) in [6.45, 7) is 4.53. The molecule has 5 nitrogen and oxygen atoms in total. The minimum atomic E-state index is -4.00. The summed E-state index contributed by atoms with van der Waals surface area (Å²) in [5.41, 5.74) is -0.426. The van der Waals surface area contributed by atoms with Crippen molar-refractivity contribution in [1.82, 2.24) is 9.21 Å². The van der Waals surface area contributed by atoms with Gasteiger partial charge in [-0.15, -0.1) is 13.0 Å². The fraction of sp³-hybridized carbons (Fsp3) is 0.450. The summed E-state index contributed by atoms with van der Waals surface area (Å²) in [6, 6.07) is 3.86. The van der Waals surface area contributed by atoms with Crippen molar-refractivity contribution in [1.29, 1.82) is 0 Å². The van der Waals surface area contributed by atoms with Crippen LogP contribution in [0, 0.1) is 29.5 Å². The van der Waals surface area contributed by atoms with Gasteiger partial charge >= 0.3 is 0 Å². The SMILES string of the molecule is C#CCN1C[C@H](C=C)C23CCCC2N(S(=O)(=O)c2cccc(F)c2)C3C1=O. The Labute approximate surface area is 158 Å². The van der Waals surface area contributed by atoms with Gasteiger partial charge < -0.3 is 4.90 Å². The maximum absolute atomic E-state index is 13.6. The number of carbonyl (C=O) groups excluding carboxylic acids is 1. The van der Waals surface area contributed by atoms with Gasteiger partial charge in [-0.3, -0.25) is 4.79 Å². The molecule has 0 radical (unpaired) electrons. The first-order valence-electron chi connectivity index (χ1n) is 9.02. The predicted octanol–water partition coefficient (Wildman–Crippen LogP) is 2.02. The van der Waals surface area contributed by atoms with Crippen LogP contribution >= 0.6 is 0 Å². The third-order valence-electron chi connectivity index (χ3n) is 6.37. The van der Waals surface area contributed by atoms with Crippen molar-refractivity contribution in [3.8, 4) is 12.3 Å². The number of likely N-dealkylation sites (tertiary alicyclic amines) is 1. The second-order valence-corrected chi connectivity index (χ2v) is 9.32. The quantitative estimate of drug-likeness (QED) is 0.586. The standard InChI is InChI=1S/C20H21FN2O3S/c1-3-11-22-13-14(4-2)20-10-6-9-17(20)23(18(20)19(22)24)27(25,26)16-8-5-7-15(21)12-16/h1,4-5,7-8,12,14,17-18H,2,6,9-11,13H2/t14-,17?,18?,20?/m0/s1. The van der Waals surface area contributed by atoms with Crippen molar-refractivity contribution >= 4 is 15.9 Å². The van der Waals surface area contributed by atoms with Crippen molar-refractivity contribution in [3.05, 3.63) is 42.7 Å². The van der Waals surface area contributed by atoms with Gasteiger partial charge in [0.15, 0.2) is 0 Å². The smallest absolute Gasteiger partial charge is 0.244 e. The average Bonchev–Trinajstić information content (AvgIpc) is 2.95. The molecule has 1 amide bonds. The minimum Gasteiger partial charge on any atom is -0.330 e. The molecule has 0 bridgehead atoms. The predicted molar refractivity (Wildman–Crippen MR) is 98.4 cm³/mol. The highest BCUT2D eigenvalue weighted by Crippen LogP contribution is 2.62. The van der Waals surface area contributed by atoms with Gasteiger partial charge in [0.05, 0.1) is 11.4 Å². The van der Waals surface area contributed by atoms with E-state index in [2.05, 4.69) is 12.5 Å². The molecule has 1 spiro atoms. The van der Waals surface area contributed by atoms with Crippen LogP contribution in [0.25, 0.3) is 0 Å². The second kappa shape index (κ2) is 6.18. The van der Waals surface area contributed by atoms with Crippen molar-refractivity contribution in [2.45, 2.75) is 36.2 Å². The van der Waals surface area contributed by atoms with Crippen LogP contribution in [0.2, 0.25) is 0 Å². The lowest BCUT2D eigenvalue weighted by atomic mass is 9.58. The molecule has 7 heteroatoms. The van der Waals surface area contributed by atoms with E-state index in [0.29, 0.717) is 13.0 Å². The lowest BCUT2D eigenvalue weighted by molar-refractivity contribution is -0.175. The molecule has 4 rings (SSSR count). The van der Waals surface area contributed by atoms with Gasteiger partial charge in [0.25, 0.3) is 0 Å². The number of terminal acetylenes is 1. The molecular weight excluding hydrogens is 367 g/mol. The van der Waals surface area contributed by atoms with Crippen LogP contribution in [-0.4, -0.2) is 48.7 Å². The third-order valence-corrected chi connectivity index (χ3v) is 8.24. The van der Waals surface area contributed by atoms with Gasteiger partial charge in [0, 0.05) is 23.9 Å². The Bertz CT molecular complexity index is 954. The molecule has 0 aromatic heterocycles. The van der Waals surface area contributed by atoms with Crippen LogP contribution in [-0.2, 0) is 14.8 Å². The minimum absolute atomic E-state index is 0.0139. The summed E-state index contributed by atoms with van der Waals surface area (Å²) in [4.78, 5) is 14.6. The molecule has 1 aliphatic carbocycles. The molecule has 1 aromatic rings. The summed E-state index contributed by atoms with van der Waals surface area (Å²) < 4.78 is 41.5. The van der Waals surface area contributed by atoms with Gasteiger partial charge in [0.1, 0.15) is 11.9 Å². The maximum atomic E-state index is 13.6. The number of benzene rings is 1. The zero-order chi connectivity index (χ0) is 19.4. The van der Waals surface area contributed by atoms with Crippen molar-refractivity contribution in [2.24, 2.45) is 11.3 Å². The van der Waals surface area contributed by atoms with Gasteiger partial charge in [-0.1, -0.05) is 24.5 Å². The molecule has 1 saturated carbocycles. The number of amides is 1. The lowest BCUT2D eigenvalue weighted by Crippen LogP contribution is -2.80. The Morgan fingerprint density at radius 3 is 2.89 bits per heavy atom. The van der Waals surface area contributed by atoms with E-state index in [1.54, 1.807) is 0 Å². The summed E-state index contributed by atoms with van der Waals surface area (Å²) >= 11 is 0. The first-order valence-corrected chi connectivity index (χ1v) is 10.5. The Hall–Kier alpha value is -2.17. The summed E-state index contributed by atoms with van der Waals surface area (Å²) in [7, 11) is -4.00. The summed E-state index contributed by atoms with van der Waals surface area (Å²) in [5, 5.41) is 0. The molecule has 2 saturated heterocycles. The Morgan fingerprint density at radius 1 is 1.44 bits per heavy atom. The number of hydrogen-bond acceptors (Lipinski definition) is 3. The molecule has 3 unspecified atom stereocenters. The van der Waals surface area contributed by atoms with Gasteiger partial charge in [-0.25, -0.2) is 12.8 Å². The van der Waals surface area contributed by atoms with Gasteiger partial charge in [0.2, 0.25) is 15.9 Å². The van der Waals surface area contributed by atoms with E-state index in [1.807, 2.05) is 6.08 Å². The second-order valence-electron chi connectivity index (χ2n) is 7.48. The third kappa shape index (κ3) is 2.33. The highest BCUT2D eigenvalue weighted by molar-refractivity contribution is 7.89. The zero-order valence-corrected chi connectivity index (χ0v) is 15.7. The topological polar surface area (TPSA) is 57.7 Å². The number of sulfonamides is 1. The van der Waals surface area contributed by atoms with Gasteiger partial charge in [-0.2, -0.15) is 4.31 Å². The fourth-order valence-corrected chi connectivity index (χ4v) is 7.26. The molecule has 27 heavy (non-hydrogen) atoms. The van der Waals surface area contributed by atoms with E-state index < -0.39 is 27.3 Å². The maximum Gasteiger partial charge on any atom is 0.244 e. The Morgan fingerprint density at radius 2 is 2.22 bits per heavy atom. The molecule has 2 aliphatic heterocycles. The summed E-state index contributed by atoms with van der Waals surface area (Å²) in [5.74, 6) is 1.58. The van der Waals surface area contributed by atoms with E-state index in [4.69, 9.17) is 6.42 Å². The van der Waals surface area contributed by atoms with E-state index in [0.717, 1.165) is 18.9 Å². The Kier molecular flexibility index (Phi) is 4.17. The Balaban J connectivity index is 1.80. The first-order chi connectivity index (χ1) is 12.9. The molecule has 3 aliphatic rings. The van der Waals surface area contributed by atoms with Crippen molar-refractivity contribution in [2.75, 3.05) is 13.1 Å². The van der Waals surface area contributed by atoms with Crippen molar-refractivity contribution < 1.29 is 17.6 Å². The fourth-order valence-electron chi connectivity index (χ4n) is 5.30. The molecule has 2 heterocycles. The van der Waals surface area contributed by atoms with E-state index in [9.17, 15) is 17.6 Å². The zero-order valence-electron chi connectivity index (χ0n) is 14.8. The highest BCUT2D eigenvalue weighted by atomic mass is 32.2. The molecule has 4 atom stereocenters. The molecule has 0 N–H and O–H groups in total. The number of nitrogens with zero attached hydrogens (tertiary/aromatic N) is 2. The number of rotatable bonds is 4. The normalized spacial score (nSPS) is 33.0. The number of hydrogen-bond donors (Lipinski definition) is 0. The van der Waals surface area contributed by atoms with Crippen LogP contribution in [0.15, 0.2) is 41.8 Å². The van der Waals surface area contributed by atoms with Crippen LogP contribution < -0.4 is 0 Å². The molecule has 142 valence electrons. The number of carbonyl (C=O) groups is 1. The van der Waals surface area contributed by atoms with E-state index in [-0.39, 0.29) is 29.3 Å². The molecular formula is C20H21FN2O3S. The number of halogens is 1. The first kappa shape index (κ1) is 18.2. The van der Waals surface area contributed by atoms with Gasteiger partial charge in [-0.05, 0) is 31.0 Å². The van der Waals surface area contributed by atoms with Crippen LogP contribution in [0.5, 0.6) is 0 Å². The van der Waals surface area contributed by atoms with Crippen molar-refractivity contribution in [3.63, 3.8) is 0 Å². The number of piperidine rings is 1. The van der Waals surface area contributed by atoms with E-state index in [1.165, 1.54) is 27.4 Å². The molecule has 3 fully saturated rings. The monoisotopic (exact) mass is 388 g/mol. The van der Waals surface area contributed by atoms with Crippen LogP contribution in [0.1, 0.15) is 19.3 Å². The molecule has 1 aromatic carbocycles. The average molecular weight is 388 g/mol. The van der Waals surface area contributed by atoms with Crippen LogP contribution in [0.4, 0.5) is 4.39 Å². The summed E-state index contributed by atoms with van der Waals surface area (Å²) in [6.07, 6.45) is 9.55. The highest BCUT2D eigenvalue weighted by Gasteiger charge is 2.73. The lowest BCUT2D eigenvalue weighted by Gasteiger charge is -2.65. The van der Waals surface area contributed by atoms with Crippen LogP contribution in [0.3, 0.4) is 0 Å².